The van der Waals surface area contributed by atoms with Crippen molar-refractivity contribution in [3.63, 3.8) is 0 Å². The van der Waals surface area contributed by atoms with Crippen molar-refractivity contribution in [1.82, 2.24) is 15.1 Å². The molecule has 3 aliphatic heterocycles. The van der Waals surface area contributed by atoms with Crippen LogP contribution in [0.1, 0.15) is 49.8 Å². The SMILES string of the molecule is CC(C)Cc1cccc2c1CN(C(=O)C[C@@H]1C[C@@H](C(=O)N3C[C@@H](F)C[C@H]3C#N)NC1=O)C2. The van der Waals surface area contributed by atoms with E-state index in [0.29, 0.717) is 19.0 Å². The van der Waals surface area contributed by atoms with E-state index < -0.39 is 30.1 Å². The third-order valence-electron chi connectivity index (χ3n) is 6.67. The Morgan fingerprint density at radius 2 is 2.06 bits per heavy atom. The lowest BCUT2D eigenvalue weighted by atomic mass is 9.96. The molecule has 0 unspecified atom stereocenters. The van der Waals surface area contributed by atoms with Crippen molar-refractivity contribution in [2.45, 2.75) is 70.9 Å². The van der Waals surface area contributed by atoms with E-state index in [2.05, 4.69) is 25.2 Å². The van der Waals surface area contributed by atoms with Gasteiger partial charge in [-0.2, -0.15) is 5.26 Å². The van der Waals surface area contributed by atoms with Gasteiger partial charge in [0.1, 0.15) is 18.3 Å². The number of nitrogens with one attached hydrogen (secondary N) is 1. The van der Waals surface area contributed by atoms with Gasteiger partial charge < -0.3 is 15.1 Å². The first-order valence-corrected chi connectivity index (χ1v) is 11.3. The molecule has 1 aromatic rings. The van der Waals surface area contributed by atoms with Gasteiger partial charge in [-0.3, -0.25) is 14.4 Å². The molecule has 8 heteroatoms. The van der Waals surface area contributed by atoms with Crippen LogP contribution in [0.15, 0.2) is 18.2 Å². The van der Waals surface area contributed by atoms with Gasteiger partial charge in [0.15, 0.2) is 0 Å². The Kier molecular flexibility index (Phi) is 6.18. The molecule has 7 nitrogen and oxygen atoms in total. The molecule has 3 aliphatic rings. The number of nitrogens with zero attached hydrogens (tertiary/aromatic N) is 3. The van der Waals surface area contributed by atoms with Crippen molar-refractivity contribution >= 4 is 17.7 Å². The van der Waals surface area contributed by atoms with Gasteiger partial charge in [0.25, 0.3) is 0 Å². The lowest BCUT2D eigenvalue weighted by Crippen LogP contribution is -2.46. The van der Waals surface area contributed by atoms with Crippen LogP contribution in [0.3, 0.4) is 0 Å². The van der Waals surface area contributed by atoms with Gasteiger partial charge in [0, 0.05) is 31.8 Å². The highest BCUT2D eigenvalue weighted by molar-refractivity contribution is 5.94. The van der Waals surface area contributed by atoms with Gasteiger partial charge in [-0.15, -0.1) is 0 Å². The topological polar surface area (TPSA) is 93.5 Å². The second kappa shape index (κ2) is 8.89. The number of benzene rings is 1. The van der Waals surface area contributed by atoms with E-state index in [1.165, 1.54) is 16.0 Å². The molecular weight excluding hydrogens is 411 g/mol. The van der Waals surface area contributed by atoms with Crippen LogP contribution >= 0.6 is 0 Å². The van der Waals surface area contributed by atoms with Crippen molar-refractivity contribution in [3.8, 4) is 6.07 Å². The number of carbonyl (C=O) groups is 3. The molecule has 2 saturated heterocycles. The van der Waals surface area contributed by atoms with Gasteiger partial charge >= 0.3 is 0 Å². The number of hydrogen-bond donors (Lipinski definition) is 1. The number of halogens is 1. The maximum atomic E-state index is 13.7. The van der Waals surface area contributed by atoms with Crippen LogP contribution in [0.2, 0.25) is 0 Å². The van der Waals surface area contributed by atoms with Gasteiger partial charge in [-0.25, -0.2) is 4.39 Å². The van der Waals surface area contributed by atoms with E-state index in [9.17, 15) is 24.0 Å². The highest BCUT2D eigenvalue weighted by Gasteiger charge is 2.44. The van der Waals surface area contributed by atoms with E-state index in [-0.39, 0.29) is 37.6 Å². The largest absolute Gasteiger partial charge is 0.344 e. The lowest BCUT2D eigenvalue weighted by molar-refractivity contribution is -0.135. The normalized spacial score (nSPS) is 26.9. The van der Waals surface area contributed by atoms with Gasteiger partial charge in [-0.1, -0.05) is 32.0 Å². The smallest absolute Gasteiger partial charge is 0.246 e. The summed E-state index contributed by atoms with van der Waals surface area (Å²) in [7, 11) is 0. The predicted molar refractivity (Wildman–Crippen MR) is 115 cm³/mol. The zero-order chi connectivity index (χ0) is 23.0. The zero-order valence-corrected chi connectivity index (χ0v) is 18.5. The first kappa shape index (κ1) is 22.3. The van der Waals surface area contributed by atoms with Crippen LogP contribution in [0.4, 0.5) is 4.39 Å². The number of hydrogen-bond acceptors (Lipinski definition) is 4. The molecule has 2 fully saturated rings. The zero-order valence-electron chi connectivity index (χ0n) is 18.5. The molecule has 0 bridgehead atoms. The fraction of sp³-hybridized carbons (Fsp3) is 0.583. The predicted octanol–water partition coefficient (Wildman–Crippen LogP) is 2.08. The number of rotatable bonds is 5. The molecule has 0 spiro atoms. The molecule has 170 valence electrons. The quantitative estimate of drug-likeness (QED) is 0.759. The highest BCUT2D eigenvalue weighted by Crippen LogP contribution is 2.30. The third-order valence-corrected chi connectivity index (χ3v) is 6.67. The second-order valence-corrected chi connectivity index (χ2v) is 9.57. The first-order valence-electron chi connectivity index (χ1n) is 11.3. The van der Waals surface area contributed by atoms with Crippen LogP contribution in [0.25, 0.3) is 0 Å². The standard InChI is InChI=1S/C24H29FN4O3/c1-14(2)6-15-4-3-5-16-11-28(13-20(15)16)22(30)8-17-7-21(27-23(17)31)24(32)29-12-18(25)9-19(29)10-26/h3-5,14,17-19,21H,6-9,11-13H2,1-2H3,(H,27,31)/t17-,18-,19-,21-/m0/s1. The van der Waals surface area contributed by atoms with Crippen molar-refractivity contribution in [2.75, 3.05) is 6.54 Å². The van der Waals surface area contributed by atoms with Crippen molar-refractivity contribution < 1.29 is 18.8 Å². The minimum atomic E-state index is -1.23. The van der Waals surface area contributed by atoms with Crippen LogP contribution < -0.4 is 5.32 Å². The molecule has 4 atom stereocenters. The van der Waals surface area contributed by atoms with Gasteiger partial charge in [-0.05, 0) is 35.4 Å². The van der Waals surface area contributed by atoms with Crippen LogP contribution in [-0.4, -0.2) is 52.3 Å². The average molecular weight is 441 g/mol. The summed E-state index contributed by atoms with van der Waals surface area (Å²) < 4.78 is 13.7. The minimum Gasteiger partial charge on any atom is -0.344 e. The van der Waals surface area contributed by atoms with Crippen LogP contribution in [-0.2, 0) is 33.9 Å². The molecule has 4 rings (SSSR count). The monoisotopic (exact) mass is 440 g/mol. The van der Waals surface area contributed by atoms with Gasteiger partial charge in [0.05, 0.1) is 12.6 Å². The molecule has 0 aromatic heterocycles. The van der Waals surface area contributed by atoms with Crippen LogP contribution in [0, 0.1) is 23.2 Å². The Labute approximate surface area is 187 Å². The second-order valence-electron chi connectivity index (χ2n) is 9.57. The van der Waals surface area contributed by atoms with E-state index in [4.69, 9.17) is 0 Å². The minimum absolute atomic E-state index is 0.000856. The van der Waals surface area contributed by atoms with E-state index in [1.807, 2.05) is 18.2 Å². The molecular formula is C24H29FN4O3. The van der Waals surface area contributed by atoms with Crippen molar-refractivity contribution in [1.29, 1.82) is 5.26 Å². The van der Waals surface area contributed by atoms with Crippen molar-refractivity contribution in [2.24, 2.45) is 11.8 Å². The summed E-state index contributed by atoms with van der Waals surface area (Å²) in [6, 6.07) is 6.53. The fourth-order valence-electron chi connectivity index (χ4n) is 5.07. The number of fused-ring (bicyclic) bond motifs is 1. The number of nitriles is 1. The van der Waals surface area contributed by atoms with Gasteiger partial charge in [0.2, 0.25) is 17.7 Å². The van der Waals surface area contributed by atoms with E-state index >= 15 is 0 Å². The molecule has 1 N–H and O–H groups in total. The lowest BCUT2D eigenvalue weighted by Gasteiger charge is -2.22. The number of alkyl halides is 1. The summed E-state index contributed by atoms with van der Waals surface area (Å²) in [6.45, 7) is 5.29. The van der Waals surface area contributed by atoms with Crippen molar-refractivity contribution in [3.05, 3.63) is 34.9 Å². The Morgan fingerprint density at radius 1 is 1.28 bits per heavy atom. The Balaban J connectivity index is 1.37. The highest BCUT2D eigenvalue weighted by atomic mass is 19.1. The Hall–Kier alpha value is -2.95. The summed E-state index contributed by atoms with van der Waals surface area (Å²) in [6.07, 6.45) is -0.0419. The molecule has 0 saturated carbocycles. The average Bonchev–Trinajstić information content (AvgIpc) is 3.44. The first-order chi connectivity index (χ1) is 15.3. The summed E-state index contributed by atoms with van der Waals surface area (Å²) in [5.74, 6) is -0.957. The fourth-order valence-corrected chi connectivity index (χ4v) is 5.07. The summed E-state index contributed by atoms with van der Waals surface area (Å²) in [5.41, 5.74) is 3.62. The summed E-state index contributed by atoms with van der Waals surface area (Å²) in [5, 5.41) is 11.8. The Bertz CT molecular complexity index is 972. The molecule has 32 heavy (non-hydrogen) atoms. The maximum Gasteiger partial charge on any atom is 0.246 e. The molecule has 0 radical (unpaired) electrons. The van der Waals surface area contributed by atoms with E-state index in [1.54, 1.807) is 4.90 Å². The number of likely N-dealkylation sites (tertiary alicyclic amines) is 1. The Morgan fingerprint density at radius 3 is 2.78 bits per heavy atom. The number of carbonyl (C=O) groups excluding carboxylic acids is 3. The molecule has 3 amide bonds. The maximum absolute atomic E-state index is 13.7. The summed E-state index contributed by atoms with van der Waals surface area (Å²) >= 11 is 0. The molecule has 3 heterocycles. The van der Waals surface area contributed by atoms with Crippen LogP contribution in [0.5, 0.6) is 0 Å². The third kappa shape index (κ3) is 4.34. The number of amides is 3. The summed E-state index contributed by atoms with van der Waals surface area (Å²) in [4.78, 5) is 41.2. The molecule has 1 aromatic carbocycles. The molecule has 0 aliphatic carbocycles. The van der Waals surface area contributed by atoms with E-state index in [0.717, 1.165) is 12.0 Å².